The van der Waals surface area contributed by atoms with Gasteiger partial charge in [0.2, 0.25) is 5.91 Å². The van der Waals surface area contributed by atoms with E-state index in [2.05, 4.69) is 10.4 Å². The number of likely N-dealkylation sites (N-methyl/N-ethyl adjacent to an activating group) is 1. The van der Waals surface area contributed by atoms with Crippen molar-refractivity contribution in [2.75, 3.05) is 25.2 Å². The molecule has 0 aliphatic carbocycles. The number of nitrogens with zero attached hydrogens (tertiary/aromatic N) is 4. The van der Waals surface area contributed by atoms with Crippen LogP contribution in [0, 0.1) is 6.92 Å². The minimum absolute atomic E-state index is 0.0704. The van der Waals surface area contributed by atoms with Gasteiger partial charge in [0.1, 0.15) is 0 Å². The van der Waals surface area contributed by atoms with Crippen molar-refractivity contribution >= 4 is 51.6 Å². The van der Waals surface area contributed by atoms with E-state index in [1.165, 1.54) is 4.90 Å². The number of pyridine rings is 1. The van der Waals surface area contributed by atoms with E-state index in [9.17, 15) is 9.59 Å². The Kier molecular flexibility index (Phi) is 6.29. The van der Waals surface area contributed by atoms with Crippen LogP contribution in [0.3, 0.4) is 0 Å². The summed E-state index contributed by atoms with van der Waals surface area (Å²) >= 11 is 3.11. The van der Waals surface area contributed by atoms with E-state index < -0.39 is 0 Å². The van der Waals surface area contributed by atoms with Gasteiger partial charge < -0.3 is 10.2 Å². The molecule has 4 rings (SSSR count). The highest BCUT2D eigenvalue weighted by Crippen LogP contribution is 2.30. The third-order valence-corrected chi connectivity index (χ3v) is 6.77. The molecule has 0 spiro atoms. The number of amides is 2. The average molecular weight is 466 g/mol. The van der Waals surface area contributed by atoms with Crippen LogP contribution in [-0.2, 0) is 11.8 Å². The monoisotopic (exact) mass is 465 g/mol. The summed E-state index contributed by atoms with van der Waals surface area (Å²) in [5.41, 5.74) is 3.31. The molecule has 0 radical (unpaired) electrons. The number of thiophene rings is 1. The molecule has 0 aliphatic rings. The SMILES string of the molecule is CSc1ccccc1NC(=O)CN(C)C(=O)c1cc(-c2cccs2)nc2c1c(C)nn2C. The summed E-state index contributed by atoms with van der Waals surface area (Å²) in [7, 11) is 3.44. The molecule has 9 heteroatoms. The van der Waals surface area contributed by atoms with Gasteiger partial charge in [-0.15, -0.1) is 23.1 Å². The number of rotatable bonds is 6. The van der Waals surface area contributed by atoms with E-state index in [0.717, 1.165) is 21.2 Å². The number of carbonyl (C=O) groups excluding carboxylic acids is 2. The molecule has 3 heterocycles. The molecule has 0 saturated heterocycles. The van der Waals surface area contributed by atoms with E-state index in [1.54, 1.807) is 40.9 Å². The number of hydrogen-bond acceptors (Lipinski definition) is 6. The predicted octanol–water partition coefficient (Wildman–Crippen LogP) is 4.44. The molecule has 0 unspecified atom stereocenters. The van der Waals surface area contributed by atoms with Crippen molar-refractivity contribution in [3.63, 3.8) is 0 Å². The molecule has 1 N–H and O–H groups in total. The Morgan fingerprint density at radius 2 is 2.00 bits per heavy atom. The van der Waals surface area contributed by atoms with E-state index in [0.29, 0.717) is 22.3 Å². The first-order valence-electron chi connectivity index (χ1n) is 9.95. The summed E-state index contributed by atoms with van der Waals surface area (Å²) in [6.45, 7) is 1.79. The van der Waals surface area contributed by atoms with E-state index >= 15 is 0 Å². The normalized spacial score (nSPS) is 11.0. The van der Waals surface area contributed by atoms with Crippen LogP contribution in [0.1, 0.15) is 16.1 Å². The summed E-state index contributed by atoms with van der Waals surface area (Å²) in [5, 5.41) is 10.0. The average Bonchev–Trinajstić information content (AvgIpc) is 3.41. The van der Waals surface area contributed by atoms with Gasteiger partial charge in [-0.25, -0.2) is 4.98 Å². The Hall–Kier alpha value is -3.17. The van der Waals surface area contributed by atoms with Crippen LogP contribution >= 0.6 is 23.1 Å². The van der Waals surface area contributed by atoms with Gasteiger partial charge in [0.05, 0.1) is 39.4 Å². The van der Waals surface area contributed by atoms with Crippen molar-refractivity contribution in [2.45, 2.75) is 11.8 Å². The second-order valence-electron chi connectivity index (χ2n) is 7.35. The van der Waals surface area contributed by atoms with Gasteiger partial charge in [0, 0.05) is 19.0 Å². The minimum Gasteiger partial charge on any atom is -0.332 e. The lowest BCUT2D eigenvalue weighted by atomic mass is 10.1. The number of hydrogen-bond donors (Lipinski definition) is 1. The number of thioether (sulfide) groups is 1. The molecule has 0 atom stereocenters. The summed E-state index contributed by atoms with van der Waals surface area (Å²) in [6, 6.07) is 13.3. The minimum atomic E-state index is -0.256. The van der Waals surface area contributed by atoms with Gasteiger partial charge >= 0.3 is 0 Å². The molecule has 7 nitrogen and oxygen atoms in total. The number of para-hydroxylation sites is 1. The van der Waals surface area contributed by atoms with Crippen molar-refractivity contribution in [3.05, 3.63) is 59.1 Å². The van der Waals surface area contributed by atoms with E-state index in [1.807, 2.05) is 62.0 Å². The second-order valence-corrected chi connectivity index (χ2v) is 9.15. The number of aromatic nitrogens is 3. The molecule has 4 aromatic rings. The molecular formula is C23H23N5O2S2. The molecule has 2 amide bonds. The summed E-state index contributed by atoms with van der Waals surface area (Å²) in [5.74, 6) is -0.506. The Labute approximate surface area is 194 Å². The van der Waals surface area contributed by atoms with Crippen LogP contribution in [0.25, 0.3) is 21.6 Å². The van der Waals surface area contributed by atoms with E-state index in [4.69, 9.17) is 4.98 Å². The molecule has 0 bridgehead atoms. The maximum Gasteiger partial charge on any atom is 0.254 e. The Morgan fingerprint density at radius 1 is 1.22 bits per heavy atom. The fraction of sp³-hybridized carbons (Fsp3) is 0.217. The lowest BCUT2D eigenvalue weighted by Gasteiger charge is -2.18. The third-order valence-electron chi connectivity index (χ3n) is 5.08. The summed E-state index contributed by atoms with van der Waals surface area (Å²) in [6.07, 6.45) is 1.96. The van der Waals surface area contributed by atoms with Crippen molar-refractivity contribution in [2.24, 2.45) is 7.05 Å². The number of aryl methyl sites for hydroxylation is 2. The van der Waals surface area contributed by atoms with Crippen LogP contribution in [0.4, 0.5) is 5.69 Å². The highest BCUT2D eigenvalue weighted by atomic mass is 32.2. The maximum absolute atomic E-state index is 13.4. The smallest absolute Gasteiger partial charge is 0.254 e. The first-order chi connectivity index (χ1) is 15.4. The maximum atomic E-state index is 13.4. The first-order valence-corrected chi connectivity index (χ1v) is 12.1. The van der Waals surface area contributed by atoms with Crippen molar-refractivity contribution < 1.29 is 9.59 Å². The summed E-state index contributed by atoms with van der Waals surface area (Å²) in [4.78, 5) is 34.2. The number of nitrogens with one attached hydrogen (secondary N) is 1. The zero-order chi connectivity index (χ0) is 22.8. The molecule has 0 saturated carbocycles. The Morgan fingerprint density at radius 3 is 2.72 bits per heavy atom. The lowest BCUT2D eigenvalue weighted by Crippen LogP contribution is -2.35. The second kappa shape index (κ2) is 9.13. The van der Waals surface area contributed by atoms with Gasteiger partial charge in [-0.2, -0.15) is 5.10 Å². The molecule has 0 aliphatic heterocycles. The predicted molar refractivity (Wildman–Crippen MR) is 130 cm³/mol. The molecule has 0 fully saturated rings. The first kappa shape index (κ1) is 22.0. The Balaban J connectivity index is 1.63. The zero-order valence-electron chi connectivity index (χ0n) is 18.2. The van der Waals surface area contributed by atoms with Crippen LogP contribution < -0.4 is 5.32 Å². The fourth-order valence-corrected chi connectivity index (χ4v) is 4.83. The third kappa shape index (κ3) is 4.26. The van der Waals surface area contributed by atoms with Crippen LogP contribution in [0.15, 0.2) is 52.7 Å². The van der Waals surface area contributed by atoms with Crippen molar-refractivity contribution in [3.8, 4) is 10.6 Å². The molecular weight excluding hydrogens is 442 g/mol. The number of carbonyl (C=O) groups is 2. The number of benzene rings is 1. The highest BCUT2D eigenvalue weighted by Gasteiger charge is 2.23. The van der Waals surface area contributed by atoms with Crippen molar-refractivity contribution in [1.29, 1.82) is 0 Å². The number of anilines is 1. The van der Waals surface area contributed by atoms with Crippen LogP contribution in [-0.4, -0.2) is 51.3 Å². The van der Waals surface area contributed by atoms with Crippen LogP contribution in [0.2, 0.25) is 0 Å². The molecule has 1 aromatic carbocycles. The highest BCUT2D eigenvalue weighted by molar-refractivity contribution is 7.98. The molecule has 164 valence electrons. The summed E-state index contributed by atoms with van der Waals surface area (Å²) < 4.78 is 1.69. The van der Waals surface area contributed by atoms with Crippen molar-refractivity contribution in [1.82, 2.24) is 19.7 Å². The lowest BCUT2D eigenvalue weighted by molar-refractivity contribution is -0.116. The Bertz CT molecular complexity index is 1300. The van der Waals surface area contributed by atoms with Gasteiger partial charge in [-0.3, -0.25) is 14.3 Å². The van der Waals surface area contributed by atoms with E-state index in [-0.39, 0.29) is 18.4 Å². The molecule has 32 heavy (non-hydrogen) atoms. The van der Waals surface area contributed by atoms with Gasteiger partial charge in [0.15, 0.2) is 5.65 Å². The van der Waals surface area contributed by atoms with Crippen LogP contribution in [0.5, 0.6) is 0 Å². The number of fused-ring (bicyclic) bond motifs is 1. The molecule has 3 aromatic heterocycles. The van der Waals surface area contributed by atoms with Gasteiger partial charge in [0.25, 0.3) is 5.91 Å². The quantitative estimate of drug-likeness (QED) is 0.426. The fourth-order valence-electron chi connectivity index (χ4n) is 3.59. The topological polar surface area (TPSA) is 80.1 Å². The standard InChI is InChI=1S/C23H23N5O2S2/c1-14-21-15(12-17(19-10-7-11-32-19)25-22(21)28(3)26-14)23(30)27(2)13-20(29)24-16-8-5-6-9-18(16)31-4/h5-12H,13H2,1-4H3,(H,24,29). The largest absolute Gasteiger partial charge is 0.332 e. The zero-order valence-corrected chi connectivity index (χ0v) is 19.9. The van der Waals surface area contributed by atoms with Gasteiger partial charge in [-0.1, -0.05) is 18.2 Å². The van der Waals surface area contributed by atoms with Gasteiger partial charge in [-0.05, 0) is 42.8 Å².